The topological polar surface area (TPSA) is 81.5 Å². The van der Waals surface area contributed by atoms with Gasteiger partial charge >= 0.3 is 0 Å². The van der Waals surface area contributed by atoms with Gasteiger partial charge in [-0.3, -0.25) is 4.68 Å². The molecule has 3 heterocycles. The molecule has 0 aliphatic heterocycles. The van der Waals surface area contributed by atoms with Crippen molar-refractivity contribution in [3.63, 3.8) is 0 Å². The standard InChI is InChI=1S/C22H30N6OSi/c1-30(2,3)12-11-29-16-27-10-8-19-21(24-15-25-22(19)27)18-13-26-28(14-18)20(7-9-23)17-5-4-6-17/h8,10,13-15,17,20H,4-7,11-12,16H2,1-3H3/t20-/m1/s1. The van der Waals surface area contributed by atoms with Crippen LogP contribution < -0.4 is 0 Å². The molecule has 158 valence electrons. The summed E-state index contributed by atoms with van der Waals surface area (Å²) in [5.74, 6) is 0.553. The van der Waals surface area contributed by atoms with E-state index in [4.69, 9.17) is 4.74 Å². The van der Waals surface area contributed by atoms with Gasteiger partial charge < -0.3 is 9.30 Å². The maximum absolute atomic E-state index is 9.24. The van der Waals surface area contributed by atoms with Crippen molar-refractivity contribution in [2.75, 3.05) is 6.61 Å². The Hall–Kier alpha value is -2.50. The predicted molar refractivity (Wildman–Crippen MR) is 119 cm³/mol. The van der Waals surface area contributed by atoms with Gasteiger partial charge in [-0.05, 0) is 30.9 Å². The van der Waals surface area contributed by atoms with Crippen LogP contribution >= 0.6 is 0 Å². The summed E-state index contributed by atoms with van der Waals surface area (Å²) in [7, 11) is -1.10. The van der Waals surface area contributed by atoms with E-state index in [-0.39, 0.29) is 6.04 Å². The summed E-state index contributed by atoms with van der Waals surface area (Å²) in [6.45, 7) is 8.34. The molecule has 30 heavy (non-hydrogen) atoms. The van der Waals surface area contributed by atoms with Gasteiger partial charge in [0.1, 0.15) is 18.7 Å². The zero-order chi connectivity index (χ0) is 21.1. The third-order valence-corrected chi connectivity index (χ3v) is 7.70. The van der Waals surface area contributed by atoms with Crippen LogP contribution in [0.3, 0.4) is 0 Å². The van der Waals surface area contributed by atoms with Crippen LogP contribution in [0.5, 0.6) is 0 Å². The Morgan fingerprint density at radius 3 is 2.83 bits per heavy atom. The fraction of sp³-hybridized carbons (Fsp3) is 0.545. The first kappa shape index (κ1) is 20.8. The van der Waals surface area contributed by atoms with E-state index in [1.165, 1.54) is 19.3 Å². The lowest BCUT2D eigenvalue weighted by molar-refractivity contribution is 0.0899. The van der Waals surface area contributed by atoms with Gasteiger partial charge in [-0.25, -0.2) is 9.97 Å². The molecule has 3 aromatic rings. The second kappa shape index (κ2) is 8.70. The number of ether oxygens (including phenoxy) is 1. The second-order valence-electron chi connectivity index (χ2n) is 9.42. The first-order valence-electron chi connectivity index (χ1n) is 10.8. The lowest BCUT2D eigenvalue weighted by Gasteiger charge is -2.32. The summed E-state index contributed by atoms with van der Waals surface area (Å²) in [5, 5.41) is 14.8. The lowest BCUT2D eigenvalue weighted by Crippen LogP contribution is -2.25. The molecule has 0 unspecified atom stereocenters. The number of rotatable bonds is 9. The summed E-state index contributed by atoms with van der Waals surface area (Å²) in [6, 6.07) is 5.68. The van der Waals surface area contributed by atoms with Crippen molar-refractivity contribution < 1.29 is 4.74 Å². The molecule has 0 N–H and O–H groups in total. The molecule has 1 aliphatic carbocycles. The monoisotopic (exact) mass is 422 g/mol. The Morgan fingerprint density at radius 1 is 1.30 bits per heavy atom. The highest BCUT2D eigenvalue weighted by atomic mass is 28.3. The second-order valence-corrected chi connectivity index (χ2v) is 15.0. The maximum atomic E-state index is 9.24. The Morgan fingerprint density at radius 2 is 2.13 bits per heavy atom. The summed E-state index contributed by atoms with van der Waals surface area (Å²) in [6.07, 6.45) is 11.6. The van der Waals surface area contributed by atoms with Crippen LogP contribution in [-0.2, 0) is 11.5 Å². The number of nitrogens with zero attached hydrogens (tertiary/aromatic N) is 6. The quantitative estimate of drug-likeness (QED) is 0.363. The van der Waals surface area contributed by atoms with Crippen molar-refractivity contribution in [1.29, 1.82) is 5.26 Å². The van der Waals surface area contributed by atoms with E-state index in [0.29, 0.717) is 19.1 Å². The molecule has 8 heteroatoms. The van der Waals surface area contributed by atoms with Gasteiger partial charge in [0.15, 0.2) is 0 Å². The number of hydrogen-bond acceptors (Lipinski definition) is 5. The normalized spacial score (nSPS) is 15.8. The van der Waals surface area contributed by atoms with Gasteiger partial charge in [-0.15, -0.1) is 0 Å². The molecule has 0 amide bonds. The Labute approximate surface area is 178 Å². The van der Waals surface area contributed by atoms with Gasteiger partial charge in [0, 0.05) is 38.0 Å². The summed E-state index contributed by atoms with van der Waals surface area (Å²) < 4.78 is 9.90. The zero-order valence-corrected chi connectivity index (χ0v) is 19.1. The van der Waals surface area contributed by atoms with Gasteiger partial charge in [0.2, 0.25) is 0 Å². The lowest BCUT2D eigenvalue weighted by atomic mass is 9.79. The van der Waals surface area contributed by atoms with Crippen LogP contribution in [0.4, 0.5) is 0 Å². The summed E-state index contributed by atoms with van der Waals surface area (Å²) in [4.78, 5) is 9.03. The molecule has 0 bridgehead atoms. The molecule has 3 aromatic heterocycles. The minimum absolute atomic E-state index is 0.152. The van der Waals surface area contributed by atoms with Crippen molar-refractivity contribution in [2.24, 2.45) is 5.92 Å². The molecule has 1 fully saturated rings. The van der Waals surface area contributed by atoms with Crippen LogP contribution in [0, 0.1) is 17.2 Å². The fourth-order valence-corrected chi connectivity index (χ4v) is 4.67. The Bertz CT molecular complexity index is 1040. The molecule has 1 saturated carbocycles. The highest BCUT2D eigenvalue weighted by molar-refractivity contribution is 6.76. The fourth-order valence-electron chi connectivity index (χ4n) is 3.92. The van der Waals surface area contributed by atoms with Crippen molar-refractivity contribution in [2.45, 2.75) is 64.1 Å². The van der Waals surface area contributed by atoms with E-state index >= 15 is 0 Å². The zero-order valence-electron chi connectivity index (χ0n) is 18.1. The van der Waals surface area contributed by atoms with E-state index in [9.17, 15) is 5.26 Å². The van der Waals surface area contributed by atoms with E-state index in [0.717, 1.165) is 34.9 Å². The Balaban J connectivity index is 1.53. The van der Waals surface area contributed by atoms with Gasteiger partial charge in [0.25, 0.3) is 0 Å². The molecule has 0 radical (unpaired) electrons. The van der Waals surface area contributed by atoms with Crippen LogP contribution in [0.1, 0.15) is 31.7 Å². The molecule has 0 aromatic carbocycles. The number of aromatic nitrogens is 5. The van der Waals surface area contributed by atoms with Crippen LogP contribution in [-0.4, -0.2) is 39.0 Å². The van der Waals surface area contributed by atoms with Crippen LogP contribution in [0.25, 0.3) is 22.3 Å². The van der Waals surface area contributed by atoms with Gasteiger partial charge in [-0.1, -0.05) is 26.1 Å². The van der Waals surface area contributed by atoms with Gasteiger partial charge in [-0.2, -0.15) is 10.4 Å². The van der Waals surface area contributed by atoms with Crippen molar-refractivity contribution >= 4 is 19.1 Å². The third-order valence-electron chi connectivity index (χ3n) is 5.99. The summed E-state index contributed by atoms with van der Waals surface area (Å²) in [5.41, 5.74) is 2.70. The van der Waals surface area contributed by atoms with E-state index in [1.54, 1.807) is 6.33 Å². The maximum Gasteiger partial charge on any atom is 0.145 e. The van der Waals surface area contributed by atoms with Gasteiger partial charge in [0.05, 0.1) is 30.4 Å². The molecular formula is C22H30N6OSi. The highest BCUT2D eigenvalue weighted by Gasteiger charge is 2.29. The van der Waals surface area contributed by atoms with Crippen molar-refractivity contribution in [1.82, 2.24) is 24.3 Å². The average Bonchev–Trinajstić information content (AvgIpc) is 3.30. The first-order valence-corrected chi connectivity index (χ1v) is 14.5. The smallest absolute Gasteiger partial charge is 0.145 e. The minimum atomic E-state index is -1.10. The first-order chi connectivity index (χ1) is 14.5. The van der Waals surface area contributed by atoms with Crippen molar-refractivity contribution in [3.05, 3.63) is 31.0 Å². The van der Waals surface area contributed by atoms with E-state index in [1.807, 2.05) is 33.9 Å². The van der Waals surface area contributed by atoms with Crippen LogP contribution in [0.15, 0.2) is 31.0 Å². The molecule has 0 saturated heterocycles. The minimum Gasteiger partial charge on any atom is -0.361 e. The molecule has 0 spiro atoms. The van der Waals surface area contributed by atoms with E-state index < -0.39 is 8.07 Å². The number of fused-ring (bicyclic) bond motifs is 1. The largest absolute Gasteiger partial charge is 0.361 e. The SMILES string of the molecule is C[Si](C)(C)CCOCn1ccc2c(-c3cnn([C@H](CC#N)C4CCC4)c3)ncnc21. The number of hydrogen-bond donors (Lipinski definition) is 0. The van der Waals surface area contributed by atoms with Crippen LogP contribution in [0.2, 0.25) is 25.7 Å². The molecule has 7 nitrogen and oxygen atoms in total. The predicted octanol–water partition coefficient (Wildman–Crippen LogP) is 4.86. The molecule has 4 rings (SSSR count). The highest BCUT2D eigenvalue weighted by Crippen LogP contribution is 2.38. The average molecular weight is 423 g/mol. The summed E-state index contributed by atoms with van der Waals surface area (Å²) >= 11 is 0. The molecular weight excluding hydrogens is 392 g/mol. The molecule has 1 atom stereocenters. The third kappa shape index (κ3) is 4.47. The molecule has 1 aliphatic rings. The van der Waals surface area contributed by atoms with Crippen molar-refractivity contribution in [3.8, 4) is 17.3 Å². The Kier molecular flexibility index (Phi) is 6.02. The van der Waals surface area contributed by atoms with E-state index in [2.05, 4.69) is 40.8 Å². The number of nitriles is 1.